The number of hydrogen-bond donors (Lipinski definition) is 0. The summed E-state index contributed by atoms with van der Waals surface area (Å²) < 4.78 is 1.68. The van der Waals surface area contributed by atoms with Crippen molar-refractivity contribution in [2.45, 2.75) is 27.2 Å². The molecule has 20 heavy (non-hydrogen) atoms. The van der Waals surface area contributed by atoms with Crippen LogP contribution in [-0.2, 0) is 11.2 Å². The van der Waals surface area contributed by atoms with Crippen LogP contribution in [0.4, 0.5) is 0 Å². The molecule has 0 unspecified atom stereocenters. The Kier molecular flexibility index (Phi) is 2.61. The molecule has 0 N–H and O–H groups in total. The standard InChI is InChI=1S/C15H15N3O2/c1-9-12-10(8-15(2,3)14(20)13(12)19)18(17-9)11-6-4-5-7-16-11/h4-7H,8H2,1-3H3. The van der Waals surface area contributed by atoms with Crippen LogP contribution in [-0.4, -0.2) is 26.3 Å². The Balaban J connectivity index is 2.24. The minimum atomic E-state index is -0.691. The molecule has 5 heteroatoms. The summed E-state index contributed by atoms with van der Waals surface area (Å²) in [6, 6.07) is 5.53. The molecule has 0 radical (unpaired) electrons. The molecule has 0 saturated carbocycles. The molecule has 0 fully saturated rings. The average molecular weight is 269 g/mol. The first-order chi connectivity index (χ1) is 9.42. The van der Waals surface area contributed by atoms with Crippen molar-refractivity contribution in [3.05, 3.63) is 41.3 Å². The van der Waals surface area contributed by atoms with Gasteiger partial charge in [0, 0.05) is 18.0 Å². The van der Waals surface area contributed by atoms with Gasteiger partial charge >= 0.3 is 0 Å². The number of nitrogens with zero attached hydrogens (tertiary/aromatic N) is 3. The molecule has 0 aromatic carbocycles. The first-order valence-electron chi connectivity index (χ1n) is 6.51. The highest BCUT2D eigenvalue weighted by atomic mass is 16.2. The van der Waals surface area contributed by atoms with Crippen LogP contribution in [0.5, 0.6) is 0 Å². The van der Waals surface area contributed by atoms with E-state index in [-0.39, 0.29) is 5.78 Å². The second-order valence-electron chi connectivity index (χ2n) is 5.73. The van der Waals surface area contributed by atoms with E-state index in [1.54, 1.807) is 31.6 Å². The third-order valence-corrected chi connectivity index (χ3v) is 3.68. The minimum absolute atomic E-state index is 0.339. The Morgan fingerprint density at radius 3 is 2.65 bits per heavy atom. The van der Waals surface area contributed by atoms with E-state index in [1.165, 1.54) is 0 Å². The maximum atomic E-state index is 12.3. The number of pyridine rings is 1. The molecule has 0 amide bonds. The molecular formula is C15H15N3O2. The number of carbonyl (C=O) groups excluding carboxylic acids is 2. The first kappa shape index (κ1) is 12.7. The number of carbonyl (C=O) groups is 2. The summed E-state index contributed by atoms with van der Waals surface area (Å²) in [5, 5.41) is 4.39. The van der Waals surface area contributed by atoms with Crippen molar-refractivity contribution in [2.75, 3.05) is 0 Å². The minimum Gasteiger partial charge on any atom is -0.290 e. The van der Waals surface area contributed by atoms with Gasteiger partial charge in [0.2, 0.25) is 11.6 Å². The molecule has 3 rings (SSSR count). The Labute approximate surface area is 116 Å². The maximum Gasteiger partial charge on any atom is 0.232 e. The van der Waals surface area contributed by atoms with E-state index in [2.05, 4.69) is 10.1 Å². The summed E-state index contributed by atoms with van der Waals surface area (Å²) in [6.45, 7) is 5.34. The van der Waals surface area contributed by atoms with Crippen LogP contribution in [0.15, 0.2) is 24.4 Å². The van der Waals surface area contributed by atoms with Gasteiger partial charge in [0.05, 0.1) is 17.0 Å². The van der Waals surface area contributed by atoms with Crippen LogP contribution < -0.4 is 0 Å². The van der Waals surface area contributed by atoms with Gasteiger partial charge in [-0.15, -0.1) is 0 Å². The van der Waals surface area contributed by atoms with Crippen molar-refractivity contribution in [1.29, 1.82) is 0 Å². The number of hydrogen-bond acceptors (Lipinski definition) is 4. The SMILES string of the molecule is Cc1nn(-c2ccccn2)c2c1C(=O)C(=O)C(C)(C)C2. The van der Waals surface area contributed by atoms with Crippen LogP contribution in [0.2, 0.25) is 0 Å². The van der Waals surface area contributed by atoms with Gasteiger partial charge in [0.1, 0.15) is 0 Å². The molecule has 0 saturated heterocycles. The van der Waals surface area contributed by atoms with Gasteiger partial charge in [-0.1, -0.05) is 19.9 Å². The third kappa shape index (κ3) is 1.70. The second kappa shape index (κ2) is 4.10. The van der Waals surface area contributed by atoms with Crippen LogP contribution >= 0.6 is 0 Å². The van der Waals surface area contributed by atoms with Crippen molar-refractivity contribution in [1.82, 2.24) is 14.8 Å². The van der Waals surface area contributed by atoms with E-state index in [0.717, 1.165) is 5.69 Å². The van der Waals surface area contributed by atoms with Crippen LogP contribution in [0.1, 0.15) is 35.6 Å². The fourth-order valence-electron chi connectivity index (χ4n) is 2.62. The number of aromatic nitrogens is 3. The number of rotatable bonds is 1. The van der Waals surface area contributed by atoms with Gasteiger partial charge in [0.15, 0.2) is 5.82 Å². The summed E-state index contributed by atoms with van der Waals surface area (Å²) in [5.41, 5.74) is 1.11. The smallest absolute Gasteiger partial charge is 0.232 e. The number of ketones is 2. The van der Waals surface area contributed by atoms with Crippen molar-refractivity contribution in [3.8, 4) is 5.82 Å². The lowest BCUT2D eigenvalue weighted by atomic mass is 9.74. The van der Waals surface area contributed by atoms with Crippen LogP contribution in [0, 0.1) is 12.3 Å². The normalized spacial score (nSPS) is 17.1. The molecule has 0 spiro atoms. The van der Waals surface area contributed by atoms with Crippen LogP contribution in [0.3, 0.4) is 0 Å². The van der Waals surface area contributed by atoms with Crippen LogP contribution in [0.25, 0.3) is 5.82 Å². The molecule has 0 atom stereocenters. The molecule has 102 valence electrons. The fraction of sp³-hybridized carbons (Fsp3) is 0.333. The highest BCUT2D eigenvalue weighted by molar-refractivity contribution is 6.46. The molecule has 1 aliphatic carbocycles. The average Bonchev–Trinajstić information content (AvgIpc) is 2.73. The molecule has 1 aliphatic rings. The largest absolute Gasteiger partial charge is 0.290 e. The van der Waals surface area contributed by atoms with Crippen molar-refractivity contribution < 1.29 is 9.59 Å². The lowest BCUT2D eigenvalue weighted by molar-refractivity contribution is -0.123. The summed E-state index contributed by atoms with van der Waals surface area (Å²) in [5.74, 6) is -0.112. The highest BCUT2D eigenvalue weighted by Gasteiger charge is 2.43. The van der Waals surface area contributed by atoms with Crippen molar-refractivity contribution >= 4 is 11.6 Å². The second-order valence-corrected chi connectivity index (χ2v) is 5.73. The zero-order valence-corrected chi connectivity index (χ0v) is 11.7. The molecule has 0 bridgehead atoms. The number of Topliss-reactive ketones (excluding diaryl/α,β-unsaturated/α-hetero) is 2. The van der Waals surface area contributed by atoms with E-state index >= 15 is 0 Å². The van der Waals surface area contributed by atoms with Gasteiger partial charge in [0.25, 0.3) is 0 Å². The van der Waals surface area contributed by atoms with E-state index in [9.17, 15) is 9.59 Å². The molecule has 5 nitrogen and oxygen atoms in total. The molecular weight excluding hydrogens is 254 g/mol. The molecule has 2 heterocycles. The zero-order valence-electron chi connectivity index (χ0n) is 11.7. The lowest BCUT2D eigenvalue weighted by Gasteiger charge is -2.27. The van der Waals surface area contributed by atoms with Gasteiger partial charge < -0.3 is 0 Å². The van der Waals surface area contributed by atoms with E-state index in [4.69, 9.17) is 0 Å². The summed E-state index contributed by atoms with van der Waals surface area (Å²) in [7, 11) is 0. The van der Waals surface area contributed by atoms with Crippen molar-refractivity contribution in [3.63, 3.8) is 0 Å². The van der Waals surface area contributed by atoms with Gasteiger partial charge in [-0.3, -0.25) is 9.59 Å². The third-order valence-electron chi connectivity index (χ3n) is 3.68. The highest BCUT2D eigenvalue weighted by Crippen LogP contribution is 2.34. The Morgan fingerprint density at radius 1 is 1.25 bits per heavy atom. The molecule has 2 aromatic heterocycles. The maximum absolute atomic E-state index is 12.3. The zero-order chi connectivity index (χ0) is 14.5. The molecule has 0 aliphatic heterocycles. The van der Waals surface area contributed by atoms with Gasteiger partial charge in [-0.2, -0.15) is 5.10 Å². The van der Waals surface area contributed by atoms with Gasteiger partial charge in [-0.05, 0) is 19.1 Å². The summed E-state index contributed by atoms with van der Waals surface area (Å²) >= 11 is 0. The van der Waals surface area contributed by atoms with Gasteiger partial charge in [-0.25, -0.2) is 9.67 Å². The predicted octanol–water partition coefficient (Wildman–Crippen LogP) is 1.91. The Hall–Kier alpha value is -2.30. The quantitative estimate of drug-likeness (QED) is 0.742. The fourth-order valence-corrected chi connectivity index (χ4v) is 2.62. The van der Waals surface area contributed by atoms with E-state index in [1.807, 2.05) is 18.2 Å². The molecule has 2 aromatic rings. The van der Waals surface area contributed by atoms with E-state index < -0.39 is 11.2 Å². The van der Waals surface area contributed by atoms with E-state index in [0.29, 0.717) is 23.5 Å². The predicted molar refractivity (Wildman–Crippen MR) is 72.9 cm³/mol. The Morgan fingerprint density at radius 2 is 2.00 bits per heavy atom. The number of aryl methyl sites for hydroxylation is 1. The monoisotopic (exact) mass is 269 g/mol. The topological polar surface area (TPSA) is 64.8 Å². The summed E-state index contributed by atoms with van der Waals surface area (Å²) in [6.07, 6.45) is 2.17. The number of fused-ring (bicyclic) bond motifs is 1. The van der Waals surface area contributed by atoms with Crippen molar-refractivity contribution in [2.24, 2.45) is 5.41 Å². The Bertz CT molecular complexity index is 714. The summed E-state index contributed by atoms with van der Waals surface area (Å²) in [4.78, 5) is 28.6. The lowest BCUT2D eigenvalue weighted by Crippen LogP contribution is -2.39. The first-order valence-corrected chi connectivity index (χ1v) is 6.51.